The summed E-state index contributed by atoms with van der Waals surface area (Å²) in [6.07, 6.45) is 2.02. The average Bonchev–Trinajstić information content (AvgIpc) is 3.39. The number of anilines is 1. The van der Waals surface area contributed by atoms with Crippen molar-refractivity contribution in [3.63, 3.8) is 0 Å². The molecule has 6 nitrogen and oxygen atoms in total. The maximum absolute atomic E-state index is 12.7. The third kappa shape index (κ3) is 3.90. The van der Waals surface area contributed by atoms with Crippen LogP contribution in [-0.2, 0) is 4.79 Å². The molecule has 1 aromatic heterocycles. The summed E-state index contributed by atoms with van der Waals surface area (Å²) in [6.45, 7) is 3.76. The van der Waals surface area contributed by atoms with E-state index in [0.29, 0.717) is 6.04 Å². The Kier molecular flexibility index (Phi) is 5.07. The lowest BCUT2D eigenvalue weighted by atomic mass is 10.1. The van der Waals surface area contributed by atoms with Gasteiger partial charge in [0.2, 0.25) is 5.91 Å². The van der Waals surface area contributed by atoms with Gasteiger partial charge in [-0.25, -0.2) is 4.98 Å². The maximum Gasteiger partial charge on any atom is 0.241 e. The SMILES string of the molecule is O=C(Nc1ccc(-c2cscn2)cc1)C1CCCN1CC1CNCN1. The highest BCUT2D eigenvalue weighted by molar-refractivity contribution is 7.07. The van der Waals surface area contributed by atoms with Crippen molar-refractivity contribution in [3.05, 3.63) is 35.2 Å². The monoisotopic (exact) mass is 357 g/mol. The summed E-state index contributed by atoms with van der Waals surface area (Å²) in [5.74, 6) is 0.102. The Hall–Kier alpha value is -1.80. The molecule has 2 saturated heterocycles. The molecular weight excluding hydrogens is 334 g/mol. The smallest absolute Gasteiger partial charge is 0.241 e. The number of aromatic nitrogens is 1. The molecule has 2 unspecified atom stereocenters. The molecule has 2 aromatic rings. The van der Waals surface area contributed by atoms with Crippen LogP contribution in [0, 0.1) is 0 Å². The molecular formula is C18H23N5OS. The van der Waals surface area contributed by atoms with Gasteiger partial charge in [-0.3, -0.25) is 15.0 Å². The van der Waals surface area contributed by atoms with Gasteiger partial charge in [-0.15, -0.1) is 11.3 Å². The Bertz CT molecular complexity index is 697. The van der Waals surface area contributed by atoms with Crippen molar-refractivity contribution >= 4 is 22.9 Å². The van der Waals surface area contributed by atoms with Gasteiger partial charge in [0, 0.05) is 42.4 Å². The Morgan fingerprint density at radius 2 is 2.24 bits per heavy atom. The van der Waals surface area contributed by atoms with Crippen molar-refractivity contribution in [2.24, 2.45) is 0 Å². The van der Waals surface area contributed by atoms with Crippen molar-refractivity contribution < 1.29 is 4.79 Å². The summed E-state index contributed by atoms with van der Waals surface area (Å²) in [4.78, 5) is 19.3. The van der Waals surface area contributed by atoms with Crippen LogP contribution in [0.1, 0.15) is 12.8 Å². The molecule has 0 saturated carbocycles. The number of rotatable bonds is 5. The van der Waals surface area contributed by atoms with E-state index in [1.807, 2.05) is 35.2 Å². The highest BCUT2D eigenvalue weighted by Gasteiger charge is 2.32. The fraction of sp³-hybridized carbons (Fsp3) is 0.444. The molecule has 0 aliphatic carbocycles. The van der Waals surface area contributed by atoms with Crippen LogP contribution in [0.2, 0.25) is 0 Å². The second-order valence-electron chi connectivity index (χ2n) is 6.63. The zero-order chi connectivity index (χ0) is 17.1. The fourth-order valence-corrected chi connectivity index (χ4v) is 4.15. The molecule has 7 heteroatoms. The first-order valence-electron chi connectivity index (χ1n) is 8.77. The van der Waals surface area contributed by atoms with Crippen LogP contribution < -0.4 is 16.0 Å². The number of likely N-dealkylation sites (tertiary alicyclic amines) is 1. The summed E-state index contributed by atoms with van der Waals surface area (Å²) in [5.41, 5.74) is 4.72. The maximum atomic E-state index is 12.7. The zero-order valence-electron chi connectivity index (χ0n) is 14.1. The Labute approximate surface area is 151 Å². The third-order valence-electron chi connectivity index (χ3n) is 4.91. The Morgan fingerprint density at radius 3 is 2.96 bits per heavy atom. The Balaban J connectivity index is 1.37. The number of thiazole rings is 1. The lowest BCUT2D eigenvalue weighted by Crippen LogP contribution is -2.46. The molecule has 1 aromatic carbocycles. The van der Waals surface area contributed by atoms with Crippen LogP contribution in [0.3, 0.4) is 0 Å². The van der Waals surface area contributed by atoms with E-state index >= 15 is 0 Å². The Morgan fingerprint density at radius 1 is 1.36 bits per heavy atom. The molecule has 2 fully saturated rings. The van der Waals surface area contributed by atoms with E-state index in [-0.39, 0.29) is 11.9 Å². The average molecular weight is 357 g/mol. The topological polar surface area (TPSA) is 69.3 Å². The standard InChI is InChI=1S/C18H23N5OS/c24-18(17-2-1-7-23(17)9-15-8-19-11-20-15)22-14-5-3-13(4-6-14)16-10-25-12-21-16/h3-6,10,12,15,17,19-20H,1-2,7-9,11H2,(H,22,24). The van der Waals surface area contributed by atoms with E-state index in [9.17, 15) is 4.79 Å². The number of carbonyl (C=O) groups is 1. The summed E-state index contributed by atoms with van der Waals surface area (Å²) < 4.78 is 0. The second kappa shape index (κ2) is 7.61. The van der Waals surface area contributed by atoms with Crippen molar-refractivity contribution in [2.45, 2.75) is 24.9 Å². The number of benzene rings is 1. The van der Waals surface area contributed by atoms with Crippen LogP contribution in [-0.4, -0.2) is 54.2 Å². The lowest BCUT2D eigenvalue weighted by molar-refractivity contribution is -0.120. The van der Waals surface area contributed by atoms with Crippen LogP contribution in [0.25, 0.3) is 11.3 Å². The van der Waals surface area contributed by atoms with E-state index in [2.05, 4.69) is 25.8 Å². The van der Waals surface area contributed by atoms with E-state index in [4.69, 9.17) is 0 Å². The predicted molar refractivity (Wildman–Crippen MR) is 101 cm³/mol. The minimum Gasteiger partial charge on any atom is -0.325 e. The van der Waals surface area contributed by atoms with Crippen LogP contribution in [0.5, 0.6) is 0 Å². The third-order valence-corrected chi connectivity index (χ3v) is 5.49. The van der Waals surface area contributed by atoms with Gasteiger partial charge in [-0.2, -0.15) is 0 Å². The molecule has 132 valence electrons. The second-order valence-corrected chi connectivity index (χ2v) is 7.34. The number of hydrogen-bond donors (Lipinski definition) is 3. The van der Waals surface area contributed by atoms with E-state index < -0.39 is 0 Å². The van der Waals surface area contributed by atoms with Crippen molar-refractivity contribution in [2.75, 3.05) is 31.6 Å². The van der Waals surface area contributed by atoms with Gasteiger partial charge < -0.3 is 10.6 Å². The molecule has 1 amide bonds. The molecule has 0 bridgehead atoms. The van der Waals surface area contributed by atoms with Crippen LogP contribution >= 0.6 is 11.3 Å². The number of hydrogen-bond acceptors (Lipinski definition) is 6. The van der Waals surface area contributed by atoms with E-state index in [0.717, 1.165) is 56.1 Å². The molecule has 2 aliphatic heterocycles. The van der Waals surface area contributed by atoms with Crippen LogP contribution in [0.15, 0.2) is 35.2 Å². The van der Waals surface area contributed by atoms with Gasteiger partial charge in [0.1, 0.15) is 0 Å². The summed E-state index contributed by atoms with van der Waals surface area (Å²) >= 11 is 1.58. The van der Waals surface area contributed by atoms with Gasteiger partial charge in [0.15, 0.2) is 0 Å². The normalized spacial score (nSPS) is 23.8. The molecule has 2 atom stereocenters. The first-order chi connectivity index (χ1) is 12.3. The predicted octanol–water partition coefficient (Wildman–Crippen LogP) is 1.73. The minimum atomic E-state index is -0.0272. The van der Waals surface area contributed by atoms with Crippen LogP contribution in [0.4, 0.5) is 5.69 Å². The van der Waals surface area contributed by atoms with Gasteiger partial charge in [-0.05, 0) is 31.5 Å². The molecule has 3 N–H and O–H groups in total. The molecule has 2 aliphatic rings. The van der Waals surface area contributed by atoms with E-state index in [1.54, 1.807) is 11.3 Å². The van der Waals surface area contributed by atoms with Gasteiger partial charge >= 0.3 is 0 Å². The molecule has 0 radical (unpaired) electrons. The largest absolute Gasteiger partial charge is 0.325 e. The van der Waals surface area contributed by atoms with Crippen molar-refractivity contribution in [3.8, 4) is 11.3 Å². The first-order valence-corrected chi connectivity index (χ1v) is 9.71. The number of nitrogens with zero attached hydrogens (tertiary/aromatic N) is 2. The molecule has 3 heterocycles. The first kappa shape index (κ1) is 16.7. The molecule has 4 rings (SSSR count). The van der Waals surface area contributed by atoms with Gasteiger partial charge in [-0.1, -0.05) is 12.1 Å². The minimum absolute atomic E-state index is 0.0272. The zero-order valence-corrected chi connectivity index (χ0v) is 14.9. The van der Waals surface area contributed by atoms with Gasteiger partial charge in [0.25, 0.3) is 0 Å². The number of carbonyl (C=O) groups excluding carboxylic acids is 1. The lowest BCUT2D eigenvalue weighted by Gasteiger charge is -2.26. The highest BCUT2D eigenvalue weighted by atomic mass is 32.1. The van der Waals surface area contributed by atoms with Crippen molar-refractivity contribution in [1.82, 2.24) is 20.5 Å². The summed E-state index contributed by atoms with van der Waals surface area (Å²) in [7, 11) is 0. The summed E-state index contributed by atoms with van der Waals surface area (Å²) in [5, 5.41) is 11.8. The highest BCUT2D eigenvalue weighted by Crippen LogP contribution is 2.23. The summed E-state index contributed by atoms with van der Waals surface area (Å²) in [6, 6.07) is 8.32. The number of nitrogens with one attached hydrogen (secondary N) is 3. The van der Waals surface area contributed by atoms with E-state index in [1.165, 1.54) is 0 Å². The molecule has 0 spiro atoms. The fourth-order valence-electron chi connectivity index (χ4n) is 3.59. The molecule has 25 heavy (non-hydrogen) atoms. The van der Waals surface area contributed by atoms with Gasteiger partial charge in [0.05, 0.1) is 17.2 Å². The number of amides is 1. The quantitative estimate of drug-likeness (QED) is 0.760. The van der Waals surface area contributed by atoms with Crippen molar-refractivity contribution in [1.29, 1.82) is 0 Å².